The molecule has 0 radical (unpaired) electrons. The SMILES string of the molecule is O=C(O)N1CCC(=Cc2ccc(Cl)c(F)c2)CC1. The molecule has 2 rings (SSSR count). The first-order chi connectivity index (χ1) is 8.56. The topological polar surface area (TPSA) is 40.5 Å². The van der Waals surface area contributed by atoms with E-state index in [4.69, 9.17) is 16.7 Å². The highest BCUT2D eigenvalue weighted by molar-refractivity contribution is 6.30. The van der Waals surface area contributed by atoms with Crippen molar-refractivity contribution in [2.75, 3.05) is 13.1 Å². The van der Waals surface area contributed by atoms with Crippen LogP contribution in [0.1, 0.15) is 18.4 Å². The number of rotatable bonds is 1. The van der Waals surface area contributed by atoms with Gasteiger partial charge in [-0.2, -0.15) is 0 Å². The summed E-state index contributed by atoms with van der Waals surface area (Å²) in [5.74, 6) is -0.436. The molecule has 3 nitrogen and oxygen atoms in total. The third kappa shape index (κ3) is 3.01. The molecule has 0 atom stereocenters. The Bertz CT molecular complexity index is 492. The van der Waals surface area contributed by atoms with Crippen LogP contribution >= 0.6 is 11.6 Å². The largest absolute Gasteiger partial charge is 0.465 e. The van der Waals surface area contributed by atoms with E-state index in [1.165, 1.54) is 17.0 Å². The molecule has 1 aromatic carbocycles. The fourth-order valence-electron chi connectivity index (χ4n) is 1.97. The van der Waals surface area contributed by atoms with Crippen molar-refractivity contribution in [2.24, 2.45) is 0 Å². The normalized spacial score (nSPS) is 15.7. The minimum Gasteiger partial charge on any atom is -0.465 e. The maximum atomic E-state index is 13.3. The molecule has 0 saturated carbocycles. The van der Waals surface area contributed by atoms with Crippen LogP contribution in [0.25, 0.3) is 6.08 Å². The molecule has 0 aliphatic carbocycles. The van der Waals surface area contributed by atoms with Crippen LogP contribution in [0.5, 0.6) is 0 Å². The van der Waals surface area contributed by atoms with Crippen molar-refractivity contribution < 1.29 is 14.3 Å². The van der Waals surface area contributed by atoms with Crippen molar-refractivity contribution >= 4 is 23.8 Å². The molecule has 0 unspecified atom stereocenters. The average Bonchev–Trinajstić information content (AvgIpc) is 2.34. The van der Waals surface area contributed by atoms with Gasteiger partial charge in [0, 0.05) is 13.1 Å². The summed E-state index contributed by atoms with van der Waals surface area (Å²) in [6, 6.07) is 4.66. The monoisotopic (exact) mass is 269 g/mol. The molecular formula is C13H13ClFNO2. The van der Waals surface area contributed by atoms with Gasteiger partial charge >= 0.3 is 6.09 Å². The molecule has 1 aromatic rings. The summed E-state index contributed by atoms with van der Waals surface area (Å²) in [6.45, 7) is 0.995. The second-order valence-corrected chi connectivity index (χ2v) is 4.65. The van der Waals surface area contributed by atoms with Crippen molar-refractivity contribution in [1.82, 2.24) is 4.90 Å². The molecule has 0 bridgehead atoms. The molecule has 96 valence electrons. The minimum atomic E-state index is -0.883. The van der Waals surface area contributed by atoms with Crippen LogP contribution in [0.4, 0.5) is 9.18 Å². The number of hydrogen-bond donors (Lipinski definition) is 1. The number of amides is 1. The Labute approximate surface area is 109 Å². The zero-order chi connectivity index (χ0) is 13.1. The third-order valence-corrected chi connectivity index (χ3v) is 3.30. The van der Waals surface area contributed by atoms with Gasteiger partial charge in [-0.3, -0.25) is 0 Å². The Balaban J connectivity index is 2.06. The van der Waals surface area contributed by atoms with Gasteiger partial charge in [0.2, 0.25) is 0 Å². The van der Waals surface area contributed by atoms with Crippen LogP contribution in [-0.2, 0) is 0 Å². The molecule has 0 aromatic heterocycles. The average molecular weight is 270 g/mol. The highest BCUT2D eigenvalue weighted by atomic mass is 35.5. The number of carbonyl (C=O) groups is 1. The summed E-state index contributed by atoms with van der Waals surface area (Å²) in [6.07, 6.45) is 2.40. The summed E-state index contributed by atoms with van der Waals surface area (Å²) in [5.41, 5.74) is 1.89. The van der Waals surface area contributed by atoms with Crippen LogP contribution in [0.3, 0.4) is 0 Å². The summed E-state index contributed by atoms with van der Waals surface area (Å²) < 4.78 is 13.3. The second kappa shape index (κ2) is 5.40. The van der Waals surface area contributed by atoms with Crippen molar-refractivity contribution in [3.8, 4) is 0 Å². The number of carboxylic acid groups (broad SMARTS) is 1. The van der Waals surface area contributed by atoms with E-state index in [1.807, 2.05) is 6.08 Å². The smallest absolute Gasteiger partial charge is 0.407 e. The van der Waals surface area contributed by atoms with Gasteiger partial charge in [0.1, 0.15) is 5.82 Å². The molecule has 1 aliphatic rings. The summed E-state index contributed by atoms with van der Waals surface area (Å²) in [7, 11) is 0. The van der Waals surface area contributed by atoms with E-state index in [0.717, 1.165) is 11.1 Å². The minimum absolute atomic E-state index is 0.109. The van der Waals surface area contributed by atoms with Gasteiger partial charge in [0.05, 0.1) is 5.02 Å². The van der Waals surface area contributed by atoms with Crippen LogP contribution in [0.2, 0.25) is 5.02 Å². The quantitative estimate of drug-likeness (QED) is 0.846. The predicted molar refractivity (Wildman–Crippen MR) is 68.2 cm³/mol. The van der Waals surface area contributed by atoms with Crippen LogP contribution in [0.15, 0.2) is 23.8 Å². The van der Waals surface area contributed by atoms with E-state index < -0.39 is 11.9 Å². The molecule has 1 amide bonds. The van der Waals surface area contributed by atoms with Gasteiger partial charge in [-0.15, -0.1) is 0 Å². The van der Waals surface area contributed by atoms with E-state index in [-0.39, 0.29) is 5.02 Å². The highest BCUT2D eigenvalue weighted by Crippen LogP contribution is 2.22. The molecule has 1 fully saturated rings. The van der Waals surface area contributed by atoms with Gasteiger partial charge in [0.15, 0.2) is 0 Å². The Morgan fingerprint density at radius 2 is 2.06 bits per heavy atom. The van der Waals surface area contributed by atoms with Gasteiger partial charge < -0.3 is 10.0 Å². The Morgan fingerprint density at radius 1 is 1.39 bits per heavy atom. The Morgan fingerprint density at radius 3 is 2.61 bits per heavy atom. The fraction of sp³-hybridized carbons (Fsp3) is 0.308. The van der Waals surface area contributed by atoms with E-state index in [9.17, 15) is 9.18 Å². The molecule has 1 saturated heterocycles. The van der Waals surface area contributed by atoms with Gasteiger partial charge in [-0.1, -0.05) is 29.3 Å². The van der Waals surface area contributed by atoms with Crippen molar-refractivity contribution in [2.45, 2.75) is 12.8 Å². The maximum Gasteiger partial charge on any atom is 0.407 e. The first-order valence-corrected chi connectivity index (χ1v) is 6.06. The van der Waals surface area contributed by atoms with Gasteiger partial charge in [-0.25, -0.2) is 9.18 Å². The molecule has 1 heterocycles. The second-order valence-electron chi connectivity index (χ2n) is 4.25. The summed E-state index contributed by atoms with van der Waals surface area (Å²) in [4.78, 5) is 12.1. The number of nitrogens with zero attached hydrogens (tertiary/aromatic N) is 1. The zero-order valence-corrected chi connectivity index (χ0v) is 10.5. The summed E-state index contributed by atoms with van der Waals surface area (Å²) in [5, 5.41) is 8.93. The van der Waals surface area contributed by atoms with Crippen LogP contribution in [-0.4, -0.2) is 29.2 Å². The number of piperidine rings is 1. The lowest BCUT2D eigenvalue weighted by Crippen LogP contribution is -2.35. The van der Waals surface area contributed by atoms with Crippen LogP contribution in [0, 0.1) is 5.82 Å². The number of likely N-dealkylation sites (tertiary alicyclic amines) is 1. The predicted octanol–water partition coefficient (Wildman–Crippen LogP) is 3.64. The maximum absolute atomic E-state index is 13.3. The Hall–Kier alpha value is -1.55. The molecule has 5 heteroatoms. The number of hydrogen-bond acceptors (Lipinski definition) is 1. The number of benzene rings is 1. The van der Waals surface area contributed by atoms with Crippen molar-refractivity contribution in [1.29, 1.82) is 0 Å². The van der Waals surface area contributed by atoms with E-state index >= 15 is 0 Å². The fourth-order valence-corrected chi connectivity index (χ4v) is 2.08. The molecule has 0 spiro atoms. The standard InChI is InChI=1S/C13H13ClFNO2/c14-11-2-1-10(8-12(11)15)7-9-3-5-16(6-4-9)13(17)18/h1-2,7-8H,3-6H2,(H,17,18). The van der Waals surface area contributed by atoms with Gasteiger partial charge in [-0.05, 0) is 30.5 Å². The van der Waals surface area contributed by atoms with E-state index in [0.29, 0.717) is 25.9 Å². The third-order valence-electron chi connectivity index (χ3n) is 2.99. The van der Waals surface area contributed by atoms with E-state index in [1.54, 1.807) is 6.07 Å². The Kier molecular flexibility index (Phi) is 3.87. The number of halogens is 2. The molecule has 1 aliphatic heterocycles. The molecule has 1 N–H and O–H groups in total. The zero-order valence-electron chi connectivity index (χ0n) is 9.70. The lowest BCUT2D eigenvalue weighted by atomic mass is 10.0. The molecular weight excluding hydrogens is 257 g/mol. The van der Waals surface area contributed by atoms with E-state index in [2.05, 4.69) is 0 Å². The first kappa shape index (κ1) is 12.9. The lowest BCUT2D eigenvalue weighted by Gasteiger charge is -2.25. The molecule has 18 heavy (non-hydrogen) atoms. The van der Waals surface area contributed by atoms with Crippen LogP contribution < -0.4 is 0 Å². The summed E-state index contributed by atoms with van der Waals surface area (Å²) >= 11 is 5.61. The van der Waals surface area contributed by atoms with Crippen molar-refractivity contribution in [3.63, 3.8) is 0 Å². The van der Waals surface area contributed by atoms with Crippen molar-refractivity contribution in [3.05, 3.63) is 40.2 Å². The first-order valence-electron chi connectivity index (χ1n) is 5.68. The highest BCUT2D eigenvalue weighted by Gasteiger charge is 2.17. The van der Waals surface area contributed by atoms with Gasteiger partial charge in [0.25, 0.3) is 0 Å². The lowest BCUT2D eigenvalue weighted by molar-refractivity contribution is 0.142.